The zero-order valence-corrected chi connectivity index (χ0v) is 35.9. The van der Waals surface area contributed by atoms with Gasteiger partial charge in [-0.2, -0.15) is 0 Å². The van der Waals surface area contributed by atoms with E-state index in [1.54, 1.807) is 0 Å². The van der Waals surface area contributed by atoms with Gasteiger partial charge in [-0.05, 0) is 76.1 Å². The van der Waals surface area contributed by atoms with Gasteiger partial charge in [0.2, 0.25) is 0 Å². The predicted molar refractivity (Wildman–Crippen MR) is 218 cm³/mol. The van der Waals surface area contributed by atoms with Crippen molar-refractivity contribution in [2.75, 3.05) is 0 Å². The molecule has 5 aromatic rings. The molecule has 0 aliphatic rings. The fourth-order valence-corrected chi connectivity index (χ4v) is 6.48. The quantitative estimate of drug-likeness (QED) is 0.0968. The topological polar surface area (TPSA) is 66.2 Å². The minimum absolute atomic E-state index is 0. The molecule has 2 N–H and O–H groups in total. The van der Waals surface area contributed by atoms with Crippen LogP contribution >= 0.6 is 0 Å². The van der Waals surface area contributed by atoms with Crippen LogP contribution in [-0.2, 0) is 45.8 Å². The minimum atomic E-state index is -0.443. The van der Waals surface area contributed by atoms with Crippen LogP contribution in [0.2, 0.25) is 0 Å². The van der Waals surface area contributed by atoms with Crippen molar-refractivity contribution in [3.05, 3.63) is 95.1 Å². The molecule has 1 heterocycles. The van der Waals surface area contributed by atoms with E-state index in [4.69, 9.17) is 9.97 Å². The van der Waals surface area contributed by atoms with Gasteiger partial charge in [0.05, 0.1) is 28.9 Å². The summed E-state index contributed by atoms with van der Waals surface area (Å²) in [6, 6.07) is 28.3. The standard InChI is InChI=1S/C36H39N2.C11H24O2.Ir/c1-5-11-25-17-26(12-6-2)20-31(19-25)35-36(32-21-27(13-7-3)18-28(22-32)14-8-4)38-34-24-30-16-10-9-15-29(30)23-33(34)37-35;1-10(2,3)8(12)7-9(13)11(4,5)6;/h9-10,15-21,23-24H,5-8,11-14H2,1-4H3;8-9,12-13H,7H2,1-6H3;/q-1;;. The van der Waals surface area contributed by atoms with Crippen LogP contribution in [0.25, 0.3) is 44.3 Å². The van der Waals surface area contributed by atoms with Crippen molar-refractivity contribution in [1.82, 2.24) is 9.97 Å². The van der Waals surface area contributed by atoms with E-state index in [1.165, 1.54) is 38.6 Å². The maximum Gasteiger partial charge on any atom is 0.0881 e. The number of aryl methyl sites for hydroxylation is 4. The summed E-state index contributed by atoms with van der Waals surface area (Å²) in [4.78, 5) is 10.7. The third kappa shape index (κ3) is 11.8. The van der Waals surface area contributed by atoms with Gasteiger partial charge in [0.25, 0.3) is 0 Å². The van der Waals surface area contributed by atoms with Crippen molar-refractivity contribution >= 4 is 21.8 Å². The monoisotopic (exact) mass is 880 g/mol. The van der Waals surface area contributed by atoms with E-state index in [1.807, 2.05) is 41.5 Å². The van der Waals surface area contributed by atoms with Crippen LogP contribution in [0.5, 0.6) is 0 Å². The van der Waals surface area contributed by atoms with Crippen molar-refractivity contribution < 1.29 is 30.3 Å². The van der Waals surface area contributed by atoms with Crippen LogP contribution in [0.3, 0.4) is 0 Å². The average Bonchev–Trinajstić information content (AvgIpc) is 3.06. The van der Waals surface area contributed by atoms with Gasteiger partial charge in [-0.3, -0.25) is 9.97 Å². The first kappa shape index (κ1) is 43.5. The fourth-order valence-electron chi connectivity index (χ4n) is 6.48. The summed E-state index contributed by atoms with van der Waals surface area (Å²) < 4.78 is 0. The maximum atomic E-state index is 9.76. The van der Waals surface area contributed by atoms with Gasteiger partial charge < -0.3 is 10.2 Å². The molecule has 0 fully saturated rings. The van der Waals surface area contributed by atoms with Gasteiger partial charge in [-0.25, -0.2) is 0 Å². The third-order valence-corrected chi connectivity index (χ3v) is 9.68. The summed E-state index contributed by atoms with van der Waals surface area (Å²) in [6.45, 7) is 20.9. The molecule has 0 spiro atoms. The van der Waals surface area contributed by atoms with Crippen molar-refractivity contribution in [3.8, 4) is 22.5 Å². The zero-order chi connectivity index (χ0) is 37.3. The summed E-state index contributed by atoms with van der Waals surface area (Å²) in [5, 5.41) is 21.9. The zero-order valence-electron chi connectivity index (χ0n) is 33.5. The summed E-state index contributed by atoms with van der Waals surface area (Å²) in [6.07, 6.45) is 8.29. The molecule has 2 unspecified atom stereocenters. The van der Waals surface area contributed by atoms with Crippen LogP contribution in [0, 0.1) is 16.9 Å². The summed E-state index contributed by atoms with van der Waals surface area (Å²) in [5.41, 5.74) is 11.1. The van der Waals surface area contributed by atoms with Crippen molar-refractivity contribution in [2.24, 2.45) is 10.8 Å². The normalized spacial score (nSPS) is 13.0. The largest absolute Gasteiger partial charge is 0.392 e. The Morgan fingerprint density at radius 1 is 0.577 bits per heavy atom. The average molecular weight is 880 g/mol. The molecular weight excluding hydrogens is 817 g/mol. The van der Waals surface area contributed by atoms with Crippen molar-refractivity contribution in [1.29, 1.82) is 0 Å². The van der Waals surface area contributed by atoms with Crippen molar-refractivity contribution in [2.45, 2.75) is 139 Å². The molecular formula is C47H63IrN2O2-. The Morgan fingerprint density at radius 2 is 1.02 bits per heavy atom. The number of aliphatic hydroxyl groups excluding tert-OH is 2. The maximum absolute atomic E-state index is 9.76. The number of hydrogen-bond acceptors (Lipinski definition) is 4. The van der Waals surface area contributed by atoms with E-state index in [2.05, 4.69) is 100 Å². The first-order valence-electron chi connectivity index (χ1n) is 19.4. The molecule has 5 rings (SSSR count). The van der Waals surface area contributed by atoms with Crippen LogP contribution in [0.1, 0.15) is 124 Å². The Morgan fingerprint density at radius 3 is 1.46 bits per heavy atom. The smallest absolute Gasteiger partial charge is 0.0881 e. The first-order chi connectivity index (χ1) is 24.2. The van der Waals surface area contributed by atoms with E-state index in [0.717, 1.165) is 79.4 Å². The van der Waals surface area contributed by atoms with Gasteiger partial charge >= 0.3 is 0 Å². The number of nitrogens with zero attached hydrogens (tertiary/aromatic N) is 2. The fraction of sp³-hybridized carbons (Fsp3) is 0.489. The first-order valence-corrected chi connectivity index (χ1v) is 19.4. The molecule has 2 atom stereocenters. The second-order valence-electron chi connectivity index (χ2n) is 16.6. The van der Waals surface area contributed by atoms with Gasteiger partial charge in [-0.15, -0.1) is 34.9 Å². The molecule has 0 amide bonds. The number of hydrogen-bond donors (Lipinski definition) is 2. The second kappa shape index (κ2) is 19.4. The minimum Gasteiger partial charge on any atom is -0.392 e. The molecule has 1 aromatic heterocycles. The number of benzene rings is 4. The second-order valence-corrected chi connectivity index (χ2v) is 16.6. The third-order valence-electron chi connectivity index (χ3n) is 9.68. The van der Waals surface area contributed by atoms with E-state index in [0.29, 0.717) is 6.42 Å². The van der Waals surface area contributed by atoms with Crippen LogP contribution < -0.4 is 0 Å². The molecule has 0 saturated heterocycles. The summed E-state index contributed by atoms with van der Waals surface area (Å²) in [5.74, 6) is 0. The Bertz CT molecular complexity index is 1700. The number of fused-ring (bicyclic) bond motifs is 2. The summed E-state index contributed by atoms with van der Waals surface area (Å²) >= 11 is 0. The van der Waals surface area contributed by atoms with Crippen LogP contribution in [0.4, 0.5) is 0 Å². The molecule has 0 aliphatic heterocycles. The molecule has 4 nitrogen and oxygen atoms in total. The van der Waals surface area contributed by atoms with Gasteiger partial charge in [0, 0.05) is 32.2 Å². The molecule has 1 radical (unpaired) electrons. The van der Waals surface area contributed by atoms with E-state index >= 15 is 0 Å². The van der Waals surface area contributed by atoms with Crippen LogP contribution in [0.15, 0.2) is 66.7 Å². The van der Waals surface area contributed by atoms with E-state index in [9.17, 15) is 10.2 Å². The number of aromatic nitrogens is 2. The molecule has 283 valence electrons. The van der Waals surface area contributed by atoms with E-state index in [-0.39, 0.29) is 30.9 Å². The number of rotatable bonds is 12. The molecule has 0 aliphatic carbocycles. The summed E-state index contributed by atoms with van der Waals surface area (Å²) in [7, 11) is 0. The van der Waals surface area contributed by atoms with Gasteiger partial charge in [0.15, 0.2) is 0 Å². The molecule has 52 heavy (non-hydrogen) atoms. The molecule has 0 saturated carbocycles. The predicted octanol–water partition coefficient (Wildman–Crippen LogP) is 11.9. The number of aliphatic hydroxyl groups is 2. The van der Waals surface area contributed by atoms with Gasteiger partial charge in [0.1, 0.15) is 0 Å². The Kier molecular flexibility index (Phi) is 16.2. The molecule has 5 heteroatoms. The SMILES string of the molecule is CC(C)(C)C(O)CC(O)C(C)(C)C.CCCc1[c-]c(-c2nc3cc4ccccc4cc3nc2-c2cc(CCC)cc(CCC)c2)cc(CCC)c1.[Ir]. The Labute approximate surface area is 328 Å². The van der Waals surface area contributed by atoms with Gasteiger partial charge in [-0.1, -0.05) is 137 Å². The molecule has 0 bridgehead atoms. The van der Waals surface area contributed by atoms with E-state index < -0.39 is 12.2 Å². The Hall–Kier alpha value is -2.95. The molecule has 4 aromatic carbocycles. The van der Waals surface area contributed by atoms with Crippen molar-refractivity contribution in [3.63, 3.8) is 0 Å². The van der Waals surface area contributed by atoms with Crippen LogP contribution in [-0.4, -0.2) is 32.4 Å². The Balaban J connectivity index is 0.000000447.